The predicted molar refractivity (Wildman–Crippen MR) is 112 cm³/mol. The van der Waals surface area contributed by atoms with Crippen molar-refractivity contribution in [3.05, 3.63) is 71.8 Å². The number of nitrogens with two attached hydrogens (primary N) is 1. The van der Waals surface area contributed by atoms with Gasteiger partial charge in [-0.05, 0) is 24.0 Å². The Labute approximate surface area is 176 Å². The van der Waals surface area contributed by atoms with Crippen molar-refractivity contribution in [2.45, 2.75) is 38.5 Å². The second-order valence-corrected chi connectivity index (χ2v) is 7.50. The summed E-state index contributed by atoms with van der Waals surface area (Å²) >= 11 is 0. The predicted octanol–water partition coefficient (Wildman–Crippen LogP) is 1.61. The first-order valence-electron chi connectivity index (χ1n) is 10.0. The number of hydrogen-bond donors (Lipinski definition) is 2. The van der Waals surface area contributed by atoms with Gasteiger partial charge in [0.05, 0.1) is 12.0 Å². The van der Waals surface area contributed by atoms with E-state index in [1.807, 2.05) is 60.7 Å². The van der Waals surface area contributed by atoms with Crippen molar-refractivity contribution < 1.29 is 19.1 Å². The van der Waals surface area contributed by atoms with Crippen molar-refractivity contribution in [3.63, 3.8) is 0 Å². The topological polar surface area (TPSA) is 102 Å². The van der Waals surface area contributed by atoms with Gasteiger partial charge in [0, 0.05) is 19.9 Å². The van der Waals surface area contributed by atoms with Crippen LogP contribution in [-0.4, -0.2) is 41.5 Å². The fourth-order valence-electron chi connectivity index (χ4n) is 3.56. The number of aryl methyl sites for hydroxylation is 1. The van der Waals surface area contributed by atoms with Gasteiger partial charge >= 0.3 is 5.97 Å². The maximum atomic E-state index is 13.2. The number of benzene rings is 2. The highest BCUT2D eigenvalue weighted by Gasteiger charge is 2.46. The summed E-state index contributed by atoms with van der Waals surface area (Å²) < 4.78 is 5.17. The van der Waals surface area contributed by atoms with E-state index in [2.05, 4.69) is 5.32 Å². The zero-order valence-corrected chi connectivity index (χ0v) is 17.0. The highest BCUT2D eigenvalue weighted by molar-refractivity contribution is 5.92. The molecule has 0 aromatic heterocycles. The van der Waals surface area contributed by atoms with Gasteiger partial charge < -0.3 is 10.1 Å². The summed E-state index contributed by atoms with van der Waals surface area (Å²) in [4.78, 5) is 37.1. The first-order valence-corrected chi connectivity index (χ1v) is 10.0. The van der Waals surface area contributed by atoms with Gasteiger partial charge in [-0.2, -0.15) is 0 Å². The van der Waals surface area contributed by atoms with Gasteiger partial charge in [0.25, 0.3) is 0 Å². The third kappa shape index (κ3) is 5.75. The Kier molecular flexibility index (Phi) is 7.32. The molecule has 7 nitrogen and oxygen atoms in total. The molecule has 3 atom stereocenters. The third-order valence-electron chi connectivity index (χ3n) is 5.18. The lowest BCUT2D eigenvalue weighted by atomic mass is 9.87. The zero-order chi connectivity index (χ0) is 21.5. The summed E-state index contributed by atoms with van der Waals surface area (Å²) in [5.41, 5.74) is 2.00. The average Bonchev–Trinajstić information content (AvgIpc) is 2.75. The van der Waals surface area contributed by atoms with Crippen LogP contribution in [0.4, 0.5) is 0 Å². The first kappa shape index (κ1) is 21.7. The fraction of sp³-hybridized carbons (Fsp3) is 0.348. The number of carbonyl (C=O) groups is 3. The van der Waals surface area contributed by atoms with Crippen LogP contribution < -0.4 is 11.2 Å². The Morgan fingerprint density at radius 2 is 1.67 bits per heavy atom. The summed E-state index contributed by atoms with van der Waals surface area (Å²) in [6.07, 6.45) is 0.443. The summed E-state index contributed by atoms with van der Waals surface area (Å²) in [7, 11) is 0. The van der Waals surface area contributed by atoms with E-state index in [0.29, 0.717) is 12.8 Å². The van der Waals surface area contributed by atoms with E-state index in [1.165, 1.54) is 11.9 Å². The van der Waals surface area contributed by atoms with Gasteiger partial charge in [0.2, 0.25) is 5.91 Å². The number of amides is 1. The Bertz CT molecular complexity index is 873. The summed E-state index contributed by atoms with van der Waals surface area (Å²) in [5, 5.41) is 4.21. The van der Waals surface area contributed by atoms with Gasteiger partial charge in [0.1, 0.15) is 0 Å². The van der Waals surface area contributed by atoms with Crippen LogP contribution in [0.25, 0.3) is 0 Å². The summed E-state index contributed by atoms with van der Waals surface area (Å²) in [5.74, 6) is 4.34. The van der Waals surface area contributed by atoms with Crippen LogP contribution in [0.5, 0.6) is 0 Å². The molecule has 0 saturated carbocycles. The van der Waals surface area contributed by atoms with Gasteiger partial charge in [-0.3, -0.25) is 20.2 Å². The number of hydrogen-bond acceptors (Lipinski definition) is 6. The maximum absolute atomic E-state index is 13.2. The fourth-order valence-corrected chi connectivity index (χ4v) is 3.56. The second kappa shape index (κ2) is 10.1. The van der Waals surface area contributed by atoms with E-state index in [-0.39, 0.29) is 24.7 Å². The Balaban J connectivity index is 1.67. The number of Topliss-reactive ketones (excluding diaryl/α,β-unsaturated/α-hetero) is 1. The molecule has 30 heavy (non-hydrogen) atoms. The smallest absolute Gasteiger partial charge is 0.304 e. The zero-order valence-electron chi connectivity index (χ0n) is 17.0. The summed E-state index contributed by atoms with van der Waals surface area (Å²) in [6, 6.07) is 18.5. The van der Waals surface area contributed by atoms with Crippen molar-refractivity contribution in [1.82, 2.24) is 10.3 Å². The highest BCUT2D eigenvalue weighted by atomic mass is 16.6. The summed E-state index contributed by atoms with van der Waals surface area (Å²) in [6.45, 7) is 1.56. The largest absolute Gasteiger partial charge is 0.444 e. The first-order chi connectivity index (χ1) is 14.4. The Morgan fingerprint density at radius 3 is 2.23 bits per heavy atom. The van der Waals surface area contributed by atoms with Crippen molar-refractivity contribution in [2.75, 3.05) is 6.54 Å². The average molecular weight is 409 g/mol. The number of rotatable bonds is 9. The van der Waals surface area contributed by atoms with Crippen LogP contribution >= 0.6 is 0 Å². The molecular formula is C23H27N3O4. The molecule has 0 radical (unpaired) electrons. The molecule has 2 aromatic rings. The number of carbonyl (C=O) groups excluding carboxylic acids is 3. The molecule has 1 saturated heterocycles. The third-order valence-corrected chi connectivity index (χ3v) is 5.18. The van der Waals surface area contributed by atoms with E-state index < -0.39 is 24.2 Å². The number of ketones is 1. The minimum absolute atomic E-state index is 0.181. The highest BCUT2D eigenvalue weighted by Crippen LogP contribution is 2.25. The van der Waals surface area contributed by atoms with Crippen molar-refractivity contribution in [2.24, 2.45) is 11.8 Å². The maximum Gasteiger partial charge on any atom is 0.304 e. The number of hydrazine groups is 1. The monoisotopic (exact) mass is 409 g/mol. The van der Waals surface area contributed by atoms with Crippen LogP contribution in [0.15, 0.2) is 60.7 Å². The molecule has 0 bridgehead atoms. The normalized spacial score (nSPS) is 19.4. The lowest BCUT2D eigenvalue weighted by Crippen LogP contribution is -2.66. The molecule has 3 N–H and O–H groups in total. The molecule has 0 spiro atoms. The molecule has 1 fully saturated rings. The number of esters is 1. The Morgan fingerprint density at radius 1 is 1.07 bits per heavy atom. The van der Waals surface area contributed by atoms with E-state index in [1.54, 1.807) is 0 Å². The Hall–Kier alpha value is -3.03. The van der Waals surface area contributed by atoms with E-state index >= 15 is 0 Å². The van der Waals surface area contributed by atoms with E-state index in [0.717, 1.165) is 11.1 Å². The van der Waals surface area contributed by atoms with Gasteiger partial charge in [-0.1, -0.05) is 60.7 Å². The molecule has 7 heteroatoms. The van der Waals surface area contributed by atoms with Crippen molar-refractivity contribution in [1.29, 1.82) is 0 Å². The van der Waals surface area contributed by atoms with Gasteiger partial charge in [0.15, 0.2) is 12.0 Å². The lowest BCUT2D eigenvalue weighted by molar-refractivity contribution is -0.190. The molecule has 158 valence electrons. The second-order valence-electron chi connectivity index (χ2n) is 7.50. The molecule has 1 heterocycles. The van der Waals surface area contributed by atoms with Crippen molar-refractivity contribution in [3.8, 4) is 0 Å². The molecule has 3 rings (SSSR count). The van der Waals surface area contributed by atoms with Crippen LogP contribution in [-0.2, 0) is 32.0 Å². The molecule has 0 unspecified atom stereocenters. The minimum Gasteiger partial charge on any atom is -0.444 e. The van der Waals surface area contributed by atoms with Crippen molar-refractivity contribution >= 4 is 17.7 Å². The minimum atomic E-state index is -0.797. The van der Waals surface area contributed by atoms with Crippen LogP contribution in [0, 0.1) is 5.92 Å². The van der Waals surface area contributed by atoms with E-state index in [9.17, 15) is 14.4 Å². The SMILES string of the molecule is CC(=O)O[C@H]1[C@@H](C(=O)[C@H](Cc2ccccc2)NC(=O)CCc2ccccc2)CN1N. The molecule has 2 aromatic carbocycles. The van der Waals surface area contributed by atoms with Crippen LogP contribution in [0.1, 0.15) is 24.5 Å². The van der Waals surface area contributed by atoms with E-state index in [4.69, 9.17) is 10.6 Å². The lowest BCUT2D eigenvalue weighted by Gasteiger charge is -2.43. The quantitative estimate of drug-likeness (QED) is 0.482. The van der Waals surface area contributed by atoms with Gasteiger partial charge in [-0.25, -0.2) is 5.01 Å². The molecule has 1 amide bonds. The van der Waals surface area contributed by atoms with Crippen LogP contribution in [0.2, 0.25) is 0 Å². The molecule has 1 aliphatic rings. The standard InChI is InChI=1S/C23H27N3O4/c1-16(27)30-23-19(15-26(23)24)22(29)20(14-18-10-6-3-7-11-18)25-21(28)13-12-17-8-4-2-5-9-17/h2-11,19-20,23H,12-15,24H2,1H3,(H,25,28)/t19-,20+,23+/m1/s1. The number of nitrogens with zero attached hydrogens (tertiary/aromatic N) is 1. The molecule has 1 aliphatic heterocycles. The number of nitrogens with one attached hydrogen (secondary N) is 1. The van der Waals surface area contributed by atoms with Gasteiger partial charge in [-0.15, -0.1) is 0 Å². The van der Waals surface area contributed by atoms with Crippen LogP contribution in [0.3, 0.4) is 0 Å². The molecular weight excluding hydrogens is 382 g/mol. The molecule has 0 aliphatic carbocycles. The number of ether oxygens (including phenoxy) is 1.